The van der Waals surface area contributed by atoms with E-state index in [1.165, 1.54) is 5.56 Å². The van der Waals surface area contributed by atoms with Gasteiger partial charge in [0.2, 0.25) is 5.91 Å². The maximum atomic E-state index is 11.9. The van der Waals surface area contributed by atoms with Crippen molar-refractivity contribution in [1.29, 1.82) is 0 Å². The lowest BCUT2D eigenvalue weighted by molar-refractivity contribution is -0.129. The van der Waals surface area contributed by atoms with Crippen molar-refractivity contribution in [1.82, 2.24) is 4.90 Å². The third-order valence-corrected chi connectivity index (χ3v) is 4.42. The van der Waals surface area contributed by atoms with Gasteiger partial charge in [-0.1, -0.05) is 33.6 Å². The van der Waals surface area contributed by atoms with E-state index in [4.69, 9.17) is 4.74 Å². The fourth-order valence-electron chi connectivity index (χ4n) is 2.28. The van der Waals surface area contributed by atoms with Gasteiger partial charge in [-0.3, -0.25) is 4.79 Å². The lowest BCUT2D eigenvalue weighted by atomic mass is 10.2. The first-order valence-electron chi connectivity index (χ1n) is 6.65. The molecule has 2 atom stereocenters. The number of rotatable bonds is 5. The molecule has 1 heterocycles. The van der Waals surface area contributed by atoms with E-state index < -0.39 is 0 Å². The summed E-state index contributed by atoms with van der Waals surface area (Å²) in [6.45, 7) is 5.48. The molecule has 0 N–H and O–H groups in total. The topological polar surface area (TPSA) is 29.5 Å². The third-order valence-electron chi connectivity index (χ3n) is 3.50. The van der Waals surface area contributed by atoms with Crippen LogP contribution in [-0.4, -0.2) is 35.3 Å². The zero-order valence-electron chi connectivity index (χ0n) is 11.4. The average molecular weight is 326 g/mol. The van der Waals surface area contributed by atoms with E-state index >= 15 is 0 Å². The minimum atomic E-state index is 0.123. The molecule has 0 radical (unpaired) electrons. The number of benzene rings is 1. The Morgan fingerprint density at radius 3 is 2.68 bits per heavy atom. The number of carbonyl (C=O) groups is 1. The van der Waals surface area contributed by atoms with E-state index in [0.717, 1.165) is 17.6 Å². The van der Waals surface area contributed by atoms with Gasteiger partial charge in [0, 0.05) is 18.3 Å². The van der Waals surface area contributed by atoms with Crippen LogP contribution in [0.5, 0.6) is 5.75 Å². The van der Waals surface area contributed by atoms with Crippen molar-refractivity contribution in [3.63, 3.8) is 0 Å². The Bertz CT molecular complexity index is 432. The first-order valence-corrected chi connectivity index (χ1v) is 7.77. The summed E-state index contributed by atoms with van der Waals surface area (Å²) in [7, 11) is 0. The smallest absolute Gasteiger partial charge is 0.223 e. The van der Waals surface area contributed by atoms with Gasteiger partial charge >= 0.3 is 0 Å². The second kappa shape index (κ2) is 6.42. The number of alkyl halides is 1. The van der Waals surface area contributed by atoms with E-state index in [1.807, 2.05) is 36.1 Å². The van der Waals surface area contributed by atoms with Gasteiger partial charge in [-0.05, 0) is 31.9 Å². The van der Waals surface area contributed by atoms with Crippen molar-refractivity contribution in [3.05, 3.63) is 29.8 Å². The predicted molar refractivity (Wildman–Crippen MR) is 79.8 cm³/mol. The Morgan fingerprint density at radius 2 is 2.11 bits per heavy atom. The quantitative estimate of drug-likeness (QED) is 0.779. The molecule has 1 aliphatic heterocycles. The number of halogens is 1. The molecule has 1 fully saturated rings. The number of amides is 1. The van der Waals surface area contributed by atoms with Crippen LogP contribution in [-0.2, 0) is 4.79 Å². The van der Waals surface area contributed by atoms with Crippen LogP contribution < -0.4 is 4.74 Å². The molecule has 4 heteroatoms. The van der Waals surface area contributed by atoms with Crippen LogP contribution in [0.15, 0.2) is 24.3 Å². The maximum absolute atomic E-state index is 11.9. The normalized spacial score (nSPS) is 20.7. The summed E-state index contributed by atoms with van der Waals surface area (Å²) in [4.78, 5) is 13.8. The summed E-state index contributed by atoms with van der Waals surface area (Å²) in [6.07, 6.45) is 0.653. The van der Waals surface area contributed by atoms with Crippen LogP contribution in [0.2, 0.25) is 0 Å². The fraction of sp³-hybridized carbons (Fsp3) is 0.533. The molecule has 104 valence electrons. The highest BCUT2D eigenvalue weighted by Gasteiger charge is 2.32. The fourth-order valence-corrected chi connectivity index (χ4v) is 2.71. The molecular formula is C15H20BrNO2. The maximum Gasteiger partial charge on any atom is 0.223 e. The van der Waals surface area contributed by atoms with Gasteiger partial charge in [-0.25, -0.2) is 0 Å². The number of hydrogen-bond donors (Lipinski definition) is 0. The molecular weight excluding hydrogens is 306 g/mol. The third kappa shape index (κ3) is 3.72. The first-order chi connectivity index (χ1) is 9.10. The van der Waals surface area contributed by atoms with Crippen molar-refractivity contribution < 1.29 is 9.53 Å². The zero-order valence-corrected chi connectivity index (χ0v) is 13.0. The Morgan fingerprint density at radius 1 is 1.42 bits per heavy atom. The molecule has 0 spiro atoms. The summed E-state index contributed by atoms with van der Waals surface area (Å²) < 4.78 is 5.75. The monoisotopic (exact) mass is 325 g/mol. The highest BCUT2D eigenvalue weighted by atomic mass is 79.9. The van der Waals surface area contributed by atoms with Gasteiger partial charge in [0.15, 0.2) is 0 Å². The van der Waals surface area contributed by atoms with Gasteiger partial charge in [0.25, 0.3) is 0 Å². The van der Waals surface area contributed by atoms with Gasteiger partial charge in [0.1, 0.15) is 12.4 Å². The van der Waals surface area contributed by atoms with E-state index in [9.17, 15) is 4.79 Å². The van der Waals surface area contributed by atoms with Gasteiger partial charge < -0.3 is 9.64 Å². The highest BCUT2D eigenvalue weighted by molar-refractivity contribution is 9.09. The second-order valence-corrected chi connectivity index (χ2v) is 5.89. The number of aryl methyl sites for hydroxylation is 1. The molecule has 0 aromatic heterocycles. The van der Waals surface area contributed by atoms with Crippen LogP contribution in [0, 0.1) is 12.8 Å². The molecule has 1 aromatic carbocycles. The molecule has 2 rings (SSSR count). The average Bonchev–Trinajstić information content (AvgIpc) is 2.79. The van der Waals surface area contributed by atoms with Gasteiger partial charge in [0.05, 0.1) is 6.04 Å². The number of likely N-dealkylation sites (tertiary alicyclic amines) is 1. The Labute approximate surface area is 123 Å². The molecule has 3 nitrogen and oxygen atoms in total. The van der Waals surface area contributed by atoms with Gasteiger partial charge in [-0.15, -0.1) is 0 Å². The molecule has 2 unspecified atom stereocenters. The predicted octanol–water partition coefficient (Wildman–Crippen LogP) is 3.01. The minimum Gasteiger partial charge on any atom is -0.491 e. The first kappa shape index (κ1) is 14.4. The van der Waals surface area contributed by atoms with Crippen LogP contribution in [0.4, 0.5) is 0 Å². The van der Waals surface area contributed by atoms with E-state index in [2.05, 4.69) is 22.9 Å². The van der Waals surface area contributed by atoms with E-state index in [-0.39, 0.29) is 11.9 Å². The summed E-state index contributed by atoms with van der Waals surface area (Å²) in [5.74, 6) is 1.54. The van der Waals surface area contributed by atoms with Crippen LogP contribution in [0.1, 0.15) is 18.9 Å². The Hall–Kier alpha value is -1.03. The van der Waals surface area contributed by atoms with E-state index in [0.29, 0.717) is 18.9 Å². The van der Waals surface area contributed by atoms with Crippen molar-refractivity contribution in [2.45, 2.75) is 26.3 Å². The Balaban J connectivity index is 1.86. The number of ether oxygens (including phenoxy) is 1. The standard InChI is InChI=1S/C15H20BrNO2/c1-11-3-5-14(6-4-11)19-10-12(2)17-9-13(8-16)7-15(17)18/h3-6,12-13H,7-10H2,1-2H3. The lowest BCUT2D eigenvalue weighted by Gasteiger charge is -2.24. The summed E-state index contributed by atoms with van der Waals surface area (Å²) in [5, 5.41) is 0.890. The number of nitrogens with zero attached hydrogens (tertiary/aromatic N) is 1. The highest BCUT2D eigenvalue weighted by Crippen LogP contribution is 2.22. The second-order valence-electron chi connectivity index (χ2n) is 5.24. The lowest BCUT2D eigenvalue weighted by Crippen LogP contribution is -2.38. The molecule has 0 saturated carbocycles. The van der Waals surface area contributed by atoms with Crippen molar-refractivity contribution in [3.8, 4) is 5.75 Å². The van der Waals surface area contributed by atoms with Crippen LogP contribution in [0.25, 0.3) is 0 Å². The molecule has 1 aromatic rings. The summed E-state index contributed by atoms with van der Waals surface area (Å²) in [6, 6.07) is 8.12. The van der Waals surface area contributed by atoms with Crippen molar-refractivity contribution in [2.75, 3.05) is 18.5 Å². The molecule has 0 aliphatic carbocycles. The minimum absolute atomic E-state index is 0.123. The van der Waals surface area contributed by atoms with Crippen molar-refractivity contribution >= 4 is 21.8 Å². The van der Waals surface area contributed by atoms with E-state index in [1.54, 1.807) is 0 Å². The van der Waals surface area contributed by atoms with Crippen molar-refractivity contribution in [2.24, 2.45) is 5.92 Å². The van der Waals surface area contributed by atoms with Crippen LogP contribution >= 0.6 is 15.9 Å². The summed E-state index contributed by atoms with van der Waals surface area (Å²) in [5.41, 5.74) is 1.22. The molecule has 1 aliphatic rings. The number of carbonyl (C=O) groups excluding carboxylic acids is 1. The molecule has 19 heavy (non-hydrogen) atoms. The zero-order chi connectivity index (χ0) is 13.8. The SMILES string of the molecule is Cc1ccc(OCC(C)N2CC(CBr)CC2=O)cc1. The summed E-state index contributed by atoms with van der Waals surface area (Å²) >= 11 is 3.45. The molecule has 1 saturated heterocycles. The molecule has 0 bridgehead atoms. The molecule has 1 amide bonds. The number of hydrogen-bond acceptors (Lipinski definition) is 2. The Kier molecular flexibility index (Phi) is 4.86. The van der Waals surface area contributed by atoms with Gasteiger partial charge in [-0.2, -0.15) is 0 Å². The largest absolute Gasteiger partial charge is 0.491 e. The van der Waals surface area contributed by atoms with Crippen LogP contribution in [0.3, 0.4) is 0 Å².